The fourth-order valence-corrected chi connectivity index (χ4v) is 5.86. The zero-order valence-corrected chi connectivity index (χ0v) is 23.1. The minimum Gasteiger partial charge on any atom is -0.496 e. The second-order valence-corrected chi connectivity index (χ2v) is 10.4. The summed E-state index contributed by atoms with van der Waals surface area (Å²) < 4.78 is 7.63. The highest BCUT2D eigenvalue weighted by molar-refractivity contribution is 5.95. The number of carbonyl (C=O) groups excluding carboxylic acids is 1. The topological polar surface area (TPSA) is 71.4 Å². The largest absolute Gasteiger partial charge is 0.496 e. The van der Waals surface area contributed by atoms with Crippen LogP contribution in [0.1, 0.15) is 32.9 Å². The Kier molecular flexibility index (Phi) is 7.49. The smallest absolute Gasteiger partial charge is 0.272 e. The predicted molar refractivity (Wildman–Crippen MR) is 160 cm³/mol. The van der Waals surface area contributed by atoms with Crippen LogP contribution >= 0.6 is 0 Å². The summed E-state index contributed by atoms with van der Waals surface area (Å²) in [5.74, 6) is 0.764. The van der Waals surface area contributed by atoms with Crippen molar-refractivity contribution in [1.82, 2.24) is 25.3 Å². The molecule has 1 aliphatic rings. The summed E-state index contributed by atoms with van der Waals surface area (Å²) in [5.41, 5.74) is 5.10. The Morgan fingerprint density at radius 1 is 0.925 bits per heavy atom. The van der Waals surface area contributed by atoms with Crippen LogP contribution in [0.25, 0.3) is 21.5 Å². The Morgan fingerprint density at radius 2 is 1.70 bits per heavy atom. The van der Waals surface area contributed by atoms with E-state index in [1.54, 1.807) is 7.11 Å². The van der Waals surface area contributed by atoms with E-state index in [-0.39, 0.29) is 5.91 Å². The van der Waals surface area contributed by atoms with Gasteiger partial charge in [-0.25, -0.2) is 0 Å². The SMILES string of the molecule is CNCCn1nc(C(=O)NCc2cccc3ccccc23)c2c1CCN(Cc1ccc(OC)c3ccccc13)C2. The molecular weight excluding hydrogens is 498 g/mol. The van der Waals surface area contributed by atoms with Crippen molar-refractivity contribution in [3.8, 4) is 5.75 Å². The lowest BCUT2D eigenvalue weighted by Crippen LogP contribution is -2.32. The number of carbonyl (C=O) groups is 1. The van der Waals surface area contributed by atoms with Crippen LogP contribution in [-0.2, 0) is 32.6 Å². The number of nitrogens with one attached hydrogen (secondary N) is 2. The van der Waals surface area contributed by atoms with E-state index in [9.17, 15) is 4.79 Å². The molecule has 0 unspecified atom stereocenters. The Hall–Kier alpha value is -4.20. The molecule has 40 heavy (non-hydrogen) atoms. The van der Waals surface area contributed by atoms with Gasteiger partial charge in [0.25, 0.3) is 5.91 Å². The zero-order valence-electron chi connectivity index (χ0n) is 23.1. The molecule has 2 N–H and O–H groups in total. The summed E-state index contributed by atoms with van der Waals surface area (Å²) in [4.78, 5) is 16.0. The predicted octanol–water partition coefficient (Wildman–Crippen LogP) is 4.91. The number of hydrogen-bond acceptors (Lipinski definition) is 5. The van der Waals surface area contributed by atoms with Crippen LogP contribution in [0.4, 0.5) is 0 Å². The average molecular weight is 534 g/mol. The van der Waals surface area contributed by atoms with Crippen molar-refractivity contribution in [2.24, 2.45) is 0 Å². The first-order valence-electron chi connectivity index (χ1n) is 13.9. The molecule has 1 aromatic heterocycles. The molecule has 0 bridgehead atoms. The molecular formula is C33H35N5O2. The van der Waals surface area contributed by atoms with Crippen molar-refractivity contribution in [3.05, 3.63) is 107 Å². The molecule has 7 nitrogen and oxygen atoms in total. The quantitative estimate of drug-likeness (QED) is 0.282. The van der Waals surface area contributed by atoms with Gasteiger partial charge in [0.1, 0.15) is 5.75 Å². The second-order valence-electron chi connectivity index (χ2n) is 10.4. The van der Waals surface area contributed by atoms with Gasteiger partial charge in [-0.1, -0.05) is 72.8 Å². The highest BCUT2D eigenvalue weighted by Gasteiger charge is 2.28. The molecule has 0 atom stereocenters. The molecule has 5 aromatic rings. The van der Waals surface area contributed by atoms with Gasteiger partial charge in [0.05, 0.1) is 13.7 Å². The maximum atomic E-state index is 13.6. The summed E-state index contributed by atoms with van der Waals surface area (Å²) in [7, 11) is 3.65. The first kappa shape index (κ1) is 26.0. The van der Waals surface area contributed by atoms with Gasteiger partial charge in [0, 0.05) is 55.8 Å². The lowest BCUT2D eigenvalue weighted by Gasteiger charge is -2.28. The molecule has 1 aliphatic heterocycles. The van der Waals surface area contributed by atoms with E-state index in [0.717, 1.165) is 60.2 Å². The van der Waals surface area contributed by atoms with Gasteiger partial charge in [-0.05, 0) is 40.4 Å². The van der Waals surface area contributed by atoms with Gasteiger partial charge in [-0.15, -0.1) is 0 Å². The van der Waals surface area contributed by atoms with Crippen molar-refractivity contribution in [2.75, 3.05) is 27.2 Å². The monoisotopic (exact) mass is 533 g/mol. The van der Waals surface area contributed by atoms with Crippen LogP contribution < -0.4 is 15.4 Å². The number of aromatic nitrogens is 2. The highest BCUT2D eigenvalue weighted by Crippen LogP contribution is 2.31. The summed E-state index contributed by atoms with van der Waals surface area (Å²) in [6.07, 6.45) is 0.858. The third-order valence-corrected chi connectivity index (χ3v) is 7.91. The molecule has 1 amide bonds. The van der Waals surface area contributed by atoms with Crippen molar-refractivity contribution in [1.29, 1.82) is 0 Å². The van der Waals surface area contributed by atoms with Crippen LogP contribution in [0.2, 0.25) is 0 Å². The fourth-order valence-electron chi connectivity index (χ4n) is 5.86. The van der Waals surface area contributed by atoms with Crippen LogP contribution in [0.15, 0.2) is 78.9 Å². The van der Waals surface area contributed by atoms with Gasteiger partial charge >= 0.3 is 0 Å². The first-order valence-corrected chi connectivity index (χ1v) is 13.9. The summed E-state index contributed by atoms with van der Waals surface area (Å²) in [6, 6.07) is 27.1. The molecule has 0 fully saturated rings. The summed E-state index contributed by atoms with van der Waals surface area (Å²) in [5, 5.41) is 15.9. The number of fused-ring (bicyclic) bond motifs is 3. The number of benzene rings is 4. The number of methoxy groups -OCH3 is 1. The molecule has 0 spiro atoms. The molecule has 0 saturated carbocycles. The molecule has 4 aromatic carbocycles. The minimum atomic E-state index is -0.121. The summed E-state index contributed by atoms with van der Waals surface area (Å²) in [6.45, 7) is 4.38. The maximum Gasteiger partial charge on any atom is 0.272 e. The standard InChI is InChI=1S/C33H35N5O2/c1-34-17-19-38-30-16-18-37(21-25-14-15-31(40-2)28-13-6-5-12-27(25)28)22-29(30)32(36-38)33(39)35-20-24-10-7-9-23-8-3-4-11-26(23)24/h3-15,34H,16-22H2,1-2H3,(H,35,39). The summed E-state index contributed by atoms with van der Waals surface area (Å²) >= 11 is 0. The Balaban J connectivity index is 1.25. The molecule has 0 radical (unpaired) electrons. The lowest BCUT2D eigenvalue weighted by atomic mass is 10.0. The molecule has 6 rings (SSSR count). The molecule has 0 aliphatic carbocycles. The van der Waals surface area contributed by atoms with Crippen LogP contribution in [-0.4, -0.2) is 47.8 Å². The van der Waals surface area contributed by atoms with Crippen molar-refractivity contribution < 1.29 is 9.53 Å². The van der Waals surface area contributed by atoms with E-state index in [2.05, 4.69) is 70.1 Å². The Morgan fingerprint density at radius 3 is 2.52 bits per heavy atom. The van der Waals surface area contributed by atoms with Crippen LogP contribution in [0.5, 0.6) is 5.75 Å². The van der Waals surface area contributed by atoms with Crippen molar-refractivity contribution in [2.45, 2.75) is 32.6 Å². The van der Waals surface area contributed by atoms with E-state index in [1.807, 2.05) is 36.0 Å². The third-order valence-electron chi connectivity index (χ3n) is 7.91. The molecule has 7 heteroatoms. The van der Waals surface area contributed by atoms with Crippen molar-refractivity contribution in [3.63, 3.8) is 0 Å². The van der Waals surface area contributed by atoms with Crippen LogP contribution in [0, 0.1) is 0 Å². The van der Waals surface area contributed by atoms with Gasteiger partial charge in [0.2, 0.25) is 0 Å². The zero-order chi connectivity index (χ0) is 27.5. The molecule has 204 valence electrons. The molecule has 2 heterocycles. The number of nitrogens with zero attached hydrogens (tertiary/aromatic N) is 3. The van der Waals surface area contributed by atoms with E-state index >= 15 is 0 Å². The van der Waals surface area contributed by atoms with E-state index in [4.69, 9.17) is 9.84 Å². The lowest BCUT2D eigenvalue weighted by molar-refractivity contribution is 0.0943. The van der Waals surface area contributed by atoms with E-state index in [1.165, 1.54) is 22.0 Å². The van der Waals surface area contributed by atoms with Crippen molar-refractivity contribution >= 4 is 27.5 Å². The first-order chi connectivity index (χ1) is 19.7. The van der Waals surface area contributed by atoms with Gasteiger partial charge in [-0.2, -0.15) is 5.10 Å². The van der Waals surface area contributed by atoms with Crippen LogP contribution in [0.3, 0.4) is 0 Å². The molecule has 0 saturated heterocycles. The Bertz CT molecular complexity index is 1670. The average Bonchev–Trinajstić information content (AvgIpc) is 3.36. The normalized spacial score (nSPS) is 13.4. The van der Waals surface area contributed by atoms with E-state index < -0.39 is 0 Å². The fraction of sp³-hybridized carbons (Fsp3) is 0.273. The number of likely N-dealkylation sites (N-methyl/N-ethyl adjacent to an activating group) is 1. The number of amides is 1. The highest BCUT2D eigenvalue weighted by atomic mass is 16.5. The Labute approximate surface area is 234 Å². The number of hydrogen-bond donors (Lipinski definition) is 2. The van der Waals surface area contributed by atoms with Gasteiger partial charge in [0.15, 0.2) is 5.69 Å². The van der Waals surface area contributed by atoms with Gasteiger partial charge < -0.3 is 15.4 Å². The second kappa shape index (κ2) is 11.5. The minimum absolute atomic E-state index is 0.121. The number of ether oxygens (including phenoxy) is 1. The van der Waals surface area contributed by atoms with Gasteiger partial charge in [-0.3, -0.25) is 14.4 Å². The maximum absolute atomic E-state index is 13.6. The number of rotatable bonds is 9. The van der Waals surface area contributed by atoms with E-state index in [0.29, 0.717) is 18.8 Å². The third kappa shape index (κ3) is 5.06.